The number of likely N-dealkylation sites (tertiary alicyclic amines) is 1. The van der Waals surface area contributed by atoms with E-state index < -0.39 is 0 Å². The van der Waals surface area contributed by atoms with Crippen molar-refractivity contribution < 1.29 is 0 Å². The largest absolute Gasteiger partial charge is 0.301 e. The summed E-state index contributed by atoms with van der Waals surface area (Å²) in [7, 11) is 0. The van der Waals surface area contributed by atoms with Gasteiger partial charge in [0.15, 0.2) is 0 Å². The molecule has 14 heavy (non-hydrogen) atoms. The molecule has 1 heteroatoms. The third-order valence-corrected chi connectivity index (χ3v) is 3.97. The van der Waals surface area contributed by atoms with Crippen molar-refractivity contribution in [1.29, 1.82) is 0 Å². The highest BCUT2D eigenvalue weighted by Gasteiger charge is 2.29. The molecular weight excluding hydrogens is 170 g/mol. The van der Waals surface area contributed by atoms with E-state index >= 15 is 0 Å². The van der Waals surface area contributed by atoms with Gasteiger partial charge in [0.1, 0.15) is 0 Å². The van der Waals surface area contributed by atoms with E-state index in [2.05, 4.69) is 39.5 Å². The van der Waals surface area contributed by atoms with Gasteiger partial charge in [0.05, 0.1) is 0 Å². The highest BCUT2D eigenvalue weighted by Crippen LogP contribution is 2.34. The van der Waals surface area contributed by atoms with Gasteiger partial charge in [-0.3, -0.25) is 0 Å². The van der Waals surface area contributed by atoms with Gasteiger partial charge in [-0.1, -0.05) is 27.7 Å². The number of nitrogens with zero attached hydrogens (tertiary/aromatic N) is 1. The predicted octanol–water partition coefficient (Wildman–Crippen LogP) is 3.54. The SMILES string of the molecule is CCC(C)N1CCC(C(C)(C)C)CC1. The van der Waals surface area contributed by atoms with Crippen molar-refractivity contribution in [2.75, 3.05) is 13.1 Å². The van der Waals surface area contributed by atoms with Gasteiger partial charge in [-0.15, -0.1) is 0 Å². The van der Waals surface area contributed by atoms with Crippen LogP contribution >= 0.6 is 0 Å². The van der Waals surface area contributed by atoms with Crippen molar-refractivity contribution in [1.82, 2.24) is 4.90 Å². The van der Waals surface area contributed by atoms with Crippen molar-refractivity contribution in [2.24, 2.45) is 11.3 Å². The fraction of sp³-hybridized carbons (Fsp3) is 1.00. The lowest BCUT2D eigenvalue weighted by Gasteiger charge is -2.41. The molecule has 1 saturated heterocycles. The predicted molar refractivity (Wildman–Crippen MR) is 63.5 cm³/mol. The standard InChI is InChI=1S/C13H27N/c1-6-11(2)14-9-7-12(8-10-14)13(3,4)5/h11-12H,6-10H2,1-5H3. The summed E-state index contributed by atoms with van der Waals surface area (Å²) in [6.45, 7) is 14.4. The molecule has 0 radical (unpaired) electrons. The Hall–Kier alpha value is -0.0400. The van der Waals surface area contributed by atoms with E-state index in [0.717, 1.165) is 12.0 Å². The molecule has 0 spiro atoms. The minimum atomic E-state index is 0.515. The van der Waals surface area contributed by atoms with Crippen molar-refractivity contribution in [2.45, 2.75) is 59.9 Å². The molecule has 0 aromatic heterocycles. The van der Waals surface area contributed by atoms with Crippen LogP contribution in [0.5, 0.6) is 0 Å². The third-order valence-electron chi connectivity index (χ3n) is 3.97. The molecule has 1 heterocycles. The second-order valence-electron chi connectivity index (χ2n) is 5.93. The molecule has 1 atom stereocenters. The zero-order valence-electron chi connectivity index (χ0n) is 10.6. The average molecular weight is 197 g/mol. The zero-order valence-corrected chi connectivity index (χ0v) is 10.6. The molecule has 1 rings (SSSR count). The highest BCUT2D eigenvalue weighted by atomic mass is 15.2. The first-order chi connectivity index (χ1) is 6.45. The average Bonchev–Trinajstić information content (AvgIpc) is 2.15. The van der Waals surface area contributed by atoms with Crippen LogP contribution in [0, 0.1) is 11.3 Å². The maximum Gasteiger partial charge on any atom is 0.00643 e. The number of hydrogen-bond donors (Lipinski definition) is 0. The van der Waals surface area contributed by atoms with Crippen molar-refractivity contribution in [3.63, 3.8) is 0 Å². The van der Waals surface area contributed by atoms with Crippen LogP contribution in [0.1, 0.15) is 53.9 Å². The number of piperidine rings is 1. The van der Waals surface area contributed by atoms with Crippen molar-refractivity contribution in [3.05, 3.63) is 0 Å². The number of hydrogen-bond acceptors (Lipinski definition) is 1. The smallest absolute Gasteiger partial charge is 0.00643 e. The van der Waals surface area contributed by atoms with E-state index in [0.29, 0.717) is 5.41 Å². The Labute approximate surface area is 89.9 Å². The first kappa shape index (κ1) is 12.0. The molecule has 1 fully saturated rings. The van der Waals surface area contributed by atoms with Crippen LogP contribution in [0.15, 0.2) is 0 Å². The minimum absolute atomic E-state index is 0.515. The second-order valence-corrected chi connectivity index (χ2v) is 5.93. The quantitative estimate of drug-likeness (QED) is 0.654. The van der Waals surface area contributed by atoms with Gasteiger partial charge in [-0.2, -0.15) is 0 Å². The van der Waals surface area contributed by atoms with Gasteiger partial charge >= 0.3 is 0 Å². The first-order valence-corrected chi connectivity index (χ1v) is 6.19. The van der Waals surface area contributed by atoms with Gasteiger partial charge in [-0.25, -0.2) is 0 Å². The van der Waals surface area contributed by atoms with E-state index in [9.17, 15) is 0 Å². The summed E-state index contributed by atoms with van der Waals surface area (Å²) < 4.78 is 0. The molecule has 1 aliphatic rings. The van der Waals surface area contributed by atoms with Crippen LogP contribution in [0.4, 0.5) is 0 Å². The van der Waals surface area contributed by atoms with Gasteiger partial charge in [0.25, 0.3) is 0 Å². The number of rotatable bonds is 2. The maximum atomic E-state index is 2.66. The van der Waals surface area contributed by atoms with E-state index in [1.165, 1.54) is 32.4 Å². The summed E-state index contributed by atoms with van der Waals surface area (Å²) in [4.78, 5) is 2.66. The van der Waals surface area contributed by atoms with Crippen LogP contribution in [-0.2, 0) is 0 Å². The molecule has 84 valence electrons. The Balaban J connectivity index is 2.39. The zero-order chi connectivity index (χ0) is 10.8. The molecule has 0 bridgehead atoms. The molecule has 0 amide bonds. The van der Waals surface area contributed by atoms with Gasteiger partial charge in [-0.05, 0) is 50.6 Å². The Morgan fingerprint density at radius 3 is 2.07 bits per heavy atom. The van der Waals surface area contributed by atoms with E-state index in [-0.39, 0.29) is 0 Å². The van der Waals surface area contributed by atoms with E-state index in [1.807, 2.05) is 0 Å². The van der Waals surface area contributed by atoms with Gasteiger partial charge in [0, 0.05) is 6.04 Å². The van der Waals surface area contributed by atoms with Crippen molar-refractivity contribution >= 4 is 0 Å². The van der Waals surface area contributed by atoms with Crippen LogP contribution in [0.2, 0.25) is 0 Å². The summed E-state index contributed by atoms with van der Waals surface area (Å²) >= 11 is 0. The molecule has 0 aliphatic carbocycles. The Kier molecular flexibility index (Phi) is 4.00. The van der Waals surface area contributed by atoms with Crippen LogP contribution in [0.3, 0.4) is 0 Å². The van der Waals surface area contributed by atoms with E-state index in [4.69, 9.17) is 0 Å². The minimum Gasteiger partial charge on any atom is -0.301 e. The third kappa shape index (κ3) is 2.98. The first-order valence-electron chi connectivity index (χ1n) is 6.19. The normalized spacial score (nSPS) is 23.8. The second kappa shape index (κ2) is 4.65. The fourth-order valence-electron chi connectivity index (χ4n) is 2.46. The fourth-order valence-corrected chi connectivity index (χ4v) is 2.46. The molecule has 1 unspecified atom stereocenters. The monoisotopic (exact) mass is 197 g/mol. The van der Waals surface area contributed by atoms with E-state index in [1.54, 1.807) is 0 Å². The van der Waals surface area contributed by atoms with Gasteiger partial charge < -0.3 is 4.90 Å². The summed E-state index contributed by atoms with van der Waals surface area (Å²) in [6, 6.07) is 0.788. The summed E-state index contributed by atoms with van der Waals surface area (Å²) in [6.07, 6.45) is 4.09. The molecule has 1 aliphatic heterocycles. The molecular formula is C13H27N. The Morgan fingerprint density at radius 1 is 1.21 bits per heavy atom. The summed E-state index contributed by atoms with van der Waals surface area (Å²) in [5.41, 5.74) is 0.515. The maximum absolute atomic E-state index is 2.66. The topological polar surface area (TPSA) is 3.24 Å². The summed E-state index contributed by atoms with van der Waals surface area (Å²) in [5.74, 6) is 0.933. The van der Waals surface area contributed by atoms with Crippen LogP contribution in [0.25, 0.3) is 0 Å². The lowest BCUT2D eigenvalue weighted by Crippen LogP contribution is -2.42. The van der Waals surface area contributed by atoms with Crippen molar-refractivity contribution in [3.8, 4) is 0 Å². The lowest BCUT2D eigenvalue weighted by molar-refractivity contribution is 0.0866. The molecule has 0 aromatic rings. The Morgan fingerprint density at radius 2 is 1.71 bits per heavy atom. The molecule has 0 saturated carbocycles. The lowest BCUT2D eigenvalue weighted by atomic mass is 9.75. The Bertz CT molecular complexity index is 161. The van der Waals surface area contributed by atoms with Gasteiger partial charge in [0.2, 0.25) is 0 Å². The van der Waals surface area contributed by atoms with Crippen LogP contribution < -0.4 is 0 Å². The molecule has 0 aromatic carbocycles. The highest BCUT2D eigenvalue weighted by molar-refractivity contribution is 4.82. The summed E-state index contributed by atoms with van der Waals surface area (Å²) in [5, 5.41) is 0. The molecule has 1 nitrogen and oxygen atoms in total. The molecule has 0 N–H and O–H groups in total. The van der Waals surface area contributed by atoms with Crippen LogP contribution in [-0.4, -0.2) is 24.0 Å².